The number of aliphatic carboxylic acids is 1. The molecule has 0 saturated carbocycles. The summed E-state index contributed by atoms with van der Waals surface area (Å²) in [5.41, 5.74) is 0. The maximum atomic E-state index is 11.5. The molecule has 1 aliphatic heterocycles. The van der Waals surface area contributed by atoms with Crippen LogP contribution in [0.2, 0.25) is 0 Å². The largest absolute Gasteiger partial charge is 0.481 e. The molecular formula is C9H13N3O4. The van der Waals surface area contributed by atoms with Gasteiger partial charge in [-0.25, -0.2) is 4.79 Å². The van der Waals surface area contributed by atoms with Crippen LogP contribution in [0.5, 0.6) is 0 Å². The molecule has 7 heteroatoms. The highest BCUT2D eigenvalue weighted by Gasteiger charge is 2.23. The molecule has 0 bridgehead atoms. The topological polar surface area (TPSA) is 103 Å². The number of nitriles is 1. The van der Waals surface area contributed by atoms with E-state index in [9.17, 15) is 9.59 Å². The van der Waals surface area contributed by atoms with Gasteiger partial charge in [-0.1, -0.05) is 0 Å². The quantitative estimate of drug-likeness (QED) is 0.669. The average molecular weight is 227 g/mol. The molecule has 0 spiro atoms. The number of nitrogens with one attached hydrogen (secondary N) is 1. The molecule has 2 N–H and O–H groups in total. The lowest BCUT2D eigenvalue weighted by Crippen LogP contribution is -2.49. The zero-order valence-electron chi connectivity index (χ0n) is 8.68. The van der Waals surface area contributed by atoms with Gasteiger partial charge in [0.05, 0.1) is 25.6 Å². The first-order chi connectivity index (χ1) is 7.63. The van der Waals surface area contributed by atoms with E-state index < -0.39 is 12.1 Å². The number of carboxylic acids is 1. The fourth-order valence-electron chi connectivity index (χ4n) is 1.30. The highest BCUT2D eigenvalue weighted by Crippen LogP contribution is 2.04. The molecule has 0 aromatic heterocycles. The van der Waals surface area contributed by atoms with Crippen LogP contribution in [0.15, 0.2) is 0 Å². The summed E-state index contributed by atoms with van der Waals surface area (Å²) in [6.45, 7) is 1.04. The van der Waals surface area contributed by atoms with Gasteiger partial charge in [-0.3, -0.25) is 4.79 Å². The second kappa shape index (κ2) is 5.92. The van der Waals surface area contributed by atoms with E-state index in [4.69, 9.17) is 15.1 Å². The first-order valence-electron chi connectivity index (χ1n) is 4.89. The van der Waals surface area contributed by atoms with Gasteiger partial charge in [0, 0.05) is 13.1 Å². The minimum absolute atomic E-state index is 0.0861. The summed E-state index contributed by atoms with van der Waals surface area (Å²) in [6.07, 6.45) is -0.712. The molecule has 1 aliphatic rings. The number of carboxylic acid groups (broad SMARTS) is 1. The number of hydrogen-bond donors (Lipinski definition) is 2. The van der Waals surface area contributed by atoms with Crippen molar-refractivity contribution in [2.24, 2.45) is 0 Å². The highest BCUT2D eigenvalue weighted by atomic mass is 16.5. The Morgan fingerprint density at radius 2 is 2.38 bits per heavy atom. The normalized spacial score (nSPS) is 19.9. The molecule has 0 aliphatic carbocycles. The molecule has 1 fully saturated rings. The van der Waals surface area contributed by atoms with Gasteiger partial charge < -0.3 is 20.1 Å². The van der Waals surface area contributed by atoms with Crippen LogP contribution in [0.1, 0.15) is 6.42 Å². The van der Waals surface area contributed by atoms with Crippen molar-refractivity contribution in [2.45, 2.75) is 12.5 Å². The first-order valence-corrected chi connectivity index (χ1v) is 4.89. The van der Waals surface area contributed by atoms with Crippen molar-refractivity contribution >= 4 is 12.0 Å². The van der Waals surface area contributed by atoms with Crippen molar-refractivity contribution in [1.82, 2.24) is 10.2 Å². The number of nitrogens with zero attached hydrogens (tertiary/aromatic N) is 2. The summed E-state index contributed by atoms with van der Waals surface area (Å²) < 4.78 is 5.07. The van der Waals surface area contributed by atoms with Gasteiger partial charge in [0.25, 0.3) is 0 Å². The molecular weight excluding hydrogens is 214 g/mol. The number of carbonyl (C=O) groups is 2. The number of ether oxygens (including phenoxy) is 1. The highest BCUT2D eigenvalue weighted by molar-refractivity contribution is 5.75. The van der Waals surface area contributed by atoms with Crippen molar-refractivity contribution in [3.05, 3.63) is 0 Å². The van der Waals surface area contributed by atoms with E-state index in [2.05, 4.69) is 5.32 Å². The van der Waals surface area contributed by atoms with E-state index in [1.807, 2.05) is 6.07 Å². The second-order valence-corrected chi connectivity index (χ2v) is 3.31. The van der Waals surface area contributed by atoms with E-state index in [1.165, 1.54) is 4.90 Å². The van der Waals surface area contributed by atoms with E-state index in [1.54, 1.807) is 0 Å². The van der Waals surface area contributed by atoms with Crippen LogP contribution in [-0.2, 0) is 9.53 Å². The number of morpholine rings is 1. The van der Waals surface area contributed by atoms with Gasteiger partial charge in [-0.2, -0.15) is 5.26 Å². The Kier molecular flexibility index (Phi) is 4.54. The SMILES string of the molecule is N#CC1CN(C(=O)NCCC(=O)O)CCO1. The molecule has 0 aromatic carbocycles. The Morgan fingerprint density at radius 3 is 3.00 bits per heavy atom. The van der Waals surface area contributed by atoms with Crippen LogP contribution in [-0.4, -0.2) is 54.4 Å². The van der Waals surface area contributed by atoms with Gasteiger partial charge in [-0.15, -0.1) is 0 Å². The summed E-state index contributed by atoms with van der Waals surface area (Å²) in [5, 5.41) is 19.5. The fourth-order valence-corrected chi connectivity index (χ4v) is 1.30. The third-order valence-corrected chi connectivity index (χ3v) is 2.11. The van der Waals surface area contributed by atoms with Crippen molar-refractivity contribution in [3.8, 4) is 6.07 Å². The summed E-state index contributed by atoms with van der Waals surface area (Å²) in [4.78, 5) is 23.2. The predicted molar refractivity (Wildman–Crippen MR) is 52.6 cm³/mol. The predicted octanol–water partition coefficient (Wildman–Crippen LogP) is -0.605. The molecule has 1 rings (SSSR count). The van der Waals surface area contributed by atoms with Crippen LogP contribution < -0.4 is 5.32 Å². The Balaban J connectivity index is 2.30. The lowest BCUT2D eigenvalue weighted by molar-refractivity contribution is -0.136. The minimum atomic E-state index is -0.961. The Bertz CT molecular complexity index is 312. The van der Waals surface area contributed by atoms with Crippen molar-refractivity contribution in [2.75, 3.05) is 26.2 Å². The van der Waals surface area contributed by atoms with Crippen molar-refractivity contribution < 1.29 is 19.4 Å². The monoisotopic (exact) mass is 227 g/mol. The van der Waals surface area contributed by atoms with E-state index >= 15 is 0 Å². The standard InChI is InChI=1S/C9H13N3O4/c10-5-7-6-12(3-4-16-7)9(15)11-2-1-8(13)14/h7H,1-4,6H2,(H,11,15)(H,13,14). The number of rotatable bonds is 3. The molecule has 0 radical (unpaired) electrons. The molecule has 1 atom stereocenters. The van der Waals surface area contributed by atoms with Crippen molar-refractivity contribution in [1.29, 1.82) is 5.26 Å². The molecule has 16 heavy (non-hydrogen) atoms. The summed E-state index contributed by atoms with van der Waals surface area (Å²) in [7, 11) is 0. The zero-order valence-corrected chi connectivity index (χ0v) is 8.68. The van der Waals surface area contributed by atoms with Crippen molar-refractivity contribution in [3.63, 3.8) is 0 Å². The Hall–Kier alpha value is -1.81. The van der Waals surface area contributed by atoms with Gasteiger partial charge in [0.15, 0.2) is 6.10 Å². The second-order valence-electron chi connectivity index (χ2n) is 3.31. The average Bonchev–Trinajstić information content (AvgIpc) is 2.28. The van der Waals surface area contributed by atoms with Gasteiger partial charge in [-0.05, 0) is 0 Å². The van der Waals surface area contributed by atoms with Crippen LogP contribution >= 0.6 is 0 Å². The third-order valence-electron chi connectivity index (χ3n) is 2.11. The number of amides is 2. The number of carbonyl (C=O) groups excluding carboxylic acids is 1. The van der Waals surface area contributed by atoms with Crippen LogP contribution in [0, 0.1) is 11.3 Å². The Labute approximate surface area is 92.6 Å². The summed E-state index contributed by atoms with van der Waals surface area (Å²) in [6, 6.07) is 1.57. The van der Waals surface area contributed by atoms with Gasteiger partial charge in [0.1, 0.15) is 0 Å². The maximum absolute atomic E-state index is 11.5. The van der Waals surface area contributed by atoms with E-state index in [0.29, 0.717) is 13.2 Å². The molecule has 1 saturated heterocycles. The molecule has 0 aromatic rings. The summed E-state index contributed by atoms with van der Waals surface area (Å²) >= 11 is 0. The van der Waals surface area contributed by atoms with Gasteiger partial charge >= 0.3 is 12.0 Å². The lowest BCUT2D eigenvalue weighted by atomic mass is 10.3. The van der Waals surface area contributed by atoms with E-state index in [-0.39, 0.29) is 25.5 Å². The van der Waals surface area contributed by atoms with Gasteiger partial charge in [0.2, 0.25) is 0 Å². The fraction of sp³-hybridized carbons (Fsp3) is 0.667. The lowest BCUT2D eigenvalue weighted by Gasteiger charge is -2.29. The zero-order chi connectivity index (χ0) is 12.0. The summed E-state index contributed by atoms with van der Waals surface area (Å²) in [5.74, 6) is -0.961. The molecule has 88 valence electrons. The Morgan fingerprint density at radius 1 is 1.62 bits per heavy atom. The molecule has 2 amide bonds. The molecule has 7 nitrogen and oxygen atoms in total. The van der Waals surface area contributed by atoms with Crippen LogP contribution in [0.25, 0.3) is 0 Å². The number of hydrogen-bond acceptors (Lipinski definition) is 4. The molecule has 1 heterocycles. The maximum Gasteiger partial charge on any atom is 0.317 e. The third kappa shape index (κ3) is 3.74. The number of urea groups is 1. The minimum Gasteiger partial charge on any atom is -0.481 e. The first kappa shape index (κ1) is 12.3. The smallest absolute Gasteiger partial charge is 0.317 e. The van der Waals surface area contributed by atoms with Crippen LogP contribution in [0.4, 0.5) is 4.79 Å². The molecule has 1 unspecified atom stereocenters. The van der Waals surface area contributed by atoms with Crippen LogP contribution in [0.3, 0.4) is 0 Å². The van der Waals surface area contributed by atoms with E-state index in [0.717, 1.165) is 0 Å².